The summed E-state index contributed by atoms with van der Waals surface area (Å²) in [5.41, 5.74) is -0.0404. The van der Waals surface area contributed by atoms with Crippen LogP contribution in [0.4, 0.5) is 8.78 Å². The number of carboxylic acids is 1. The Labute approximate surface area is 108 Å². The molecule has 2 rings (SSSR count). The van der Waals surface area contributed by atoms with Crippen molar-refractivity contribution in [1.82, 2.24) is 4.98 Å². The van der Waals surface area contributed by atoms with Crippen LogP contribution >= 0.6 is 0 Å². The molecule has 1 aromatic heterocycles. The van der Waals surface area contributed by atoms with Crippen LogP contribution in [0, 0.1) is 11.6 Å². The summed E-state index contributed by atoms with van der Waals surface area (Å²) in [6.45, 7) is 0. The van der Waals surface area contributed by atoms with Crippen LogP contribution in [-0.2, 0) is 0 Å². The Morgan fingerprint density at radius 3 is 2.65 bits per heavy atom. The van der Waals surface area contributed by atoms with Gasteiger partial charge in [-0.2, -0.15) is 0 Å². The van der Waals surface area contributed by atoms with Crippen LogP contribution in [0.15, 0.2) is 28.8 Å². The first-order valence-electron chi connectivity index (χ1n) is 4.22. The Balaban J connectivity index is 0.00000144. The zero-order chi connectivity index (χ0) is 11.7. The molecule has 0 aliphatic heterocycles. The maximum absolute atomic E-state index is 13.3. The average Bonchev–Trinajstić information content (AvgIpc) is 2.66. The second-order valence-electron chi connectivity index (χ2n) is 2.96. The van der Waals surface area contributed by atoms with E-state index in [2.05, 4.69) is 4.98 Å². The van der Waals surface area contributed by atoms with Crippen molar-refractivity contribution in [2.75, 3.05) is 0 Å². The van der Waals surface area contributed by atoms with Crippen LogP contribution in [0.5, 0.6) is 0 Å². The van der Waals surface area contributed by atoms with E-state index in [-0.39, 0.29) is 31.6 Å². The van der Waals surface area contributed by atoms with Gasteiger partial charge in [-0.1, -0.05) is 0 Å². The molecule has 0 atom stereocenters. The summed E-state index contributed by atoms with van der Waals surface area (Å²) in [5, 5.41) is 8.55. The van der Waals surface area contributed by atoms with Gasteiger partial charge < -0.3 is 11.0 Å². The quantitative estimate of drug-likeness (QED) is 0.706. The first kappa shape index (κ1) is 13.4. The molecule has 0 bridgehead atoms. The van der Waals surface area contributed by atoms with E-state index < -0.39 is 23.5 Å². The van der Waals surface area contributed by atoms with Crippen LogP contribution < -0.4 is 18.9 Å². The van der Waals surface area contributed by atoms with Crippen molar-refractivity contribution >= 4 is 5.97 Å². The van der Waals surface area contributed by atoms with Crippen molar-refractivity contribution < 1.29 is 43.4 Å². The maximum Gasteiger partial charge on any atom is 1.00 e. The van der Waals surface area contributed by atoms with Gasteiger partial charge >= 0.3 is 30.7 Å². The molecule has 2 aromatic rings. The monoisotopic (exact) mass is 233 g/mol. The molecule has 4 nitrogen and oxygen atoms in total. The minimum atomic E-state index is -1.35. The Morgan fingerprint density at radius 1 is 1.41 bits per heavy atom. The molecule has 7 heteroatoms. The van der Waals surface area contributed by atoms with Gasteiger partial charge in [0.15, 0.2) is 5.76 Å². The minimum Gasteiger partial charge on any atom is -1.00 e. The number of hydrogen-bond acceptors (Lipinski definition) is 3. The standard InChI is InChI=1S/C10H5F2NO3.Li.H/c11-5-1-2-6(7(12)3-5)8-4-13-9(16-8)10(14)15;;/h1-4H,(H,14,15);;/q;+1;-1. The predicted molar refractivity (Wildman–Crippen MR) is 49.9 cm³/mol. The molecule has 0 saturated carbocycles. The fourth-order valence-corrected chi connectivity index (χ4v) is 1.19. The number of halogens is 2. The van der Waals surface area contributed by atoms with E-state index >= 15 is 0 Å². The third-order valence-electron chi connectivity index (χ3n) is 1.89. The van der Waals surface area contributed by atoms with Crippen molar-refractivity contribution in [2.45, 2.75) is 0 Å². The smallest absolute Gasteiger partial charge is 1.00 e. The first-order valence-corrected chi connectivity index (χ1v) is 4.22. The third-order valence-corrected chi connectivity index (χ3v) is 1.89. The molecule has 0 unspecified atom stereocenters. The number of benzene rings is 1. The summed E-state index contributed by atoms with van der Waals surface area (Å²) in [6, 6.07) is 2.87. The third kappa shape index (κ3) is 2.73. The van der Waals surface area contributed by atoms with Crippen LogP contribution in [0.1, 0.15) is 12.1 Å². The predicted octanol–water partition coefficient (Wildman–Crippen LogP) is -0.565. The zero-order valence-electron chi connectivity index (χ0n) is 9.78. The van der Waals surface area contributed by atoms with Gasteiger partial charge in [-0.15, -0.1) is 0 Å². The molecule has 84 valence electrons. The number of nitrogens with zero attached hydrogens (tertiary/aromatic N) is 1. The molecular formula is C10H6F2LiNO3. The van der Waals surface area contributed by atoms with E-state index in [4.69, 9.17) is 9.52 Å². The molecule has 0 aliphatic carbocycles. The summed E-state index contributed by atoms with van der Waals surface area (Å²) in [5.74, 6) is -3.52. The molecule has 0 spiro atoms. The molecule has 0 amide bonds. The second kappa shape index (κ2) is 5.12. The van der Waals surface area contributed by atoms with Gasteiger partial charge in [0, 0.05) is 6.07 Å². The molecule has 17 heavy (non-hydrogen) atoms. The van der Waals surface area contributed by atoms with Gasteiger partial charge in [-0.05, 0) is 12.1 Å². The van der Waals surface area contributed by atoms with Gasteiger partial charge in [0.1, 0.15) is 11.6 Å². The summed E-state index contributed by atoms with van der Waals surface area (Å²) in [6.07, 6.45) is 1.07. The van der Waals surface area contributed by atoms with Gasteiger partial charge in [-0.25, -0.2) is 18.6 Å². The number of oxazole rings is 1. The Kier molecular flexibility index (Phi) is 4.05. The van der Waals surface area contributed by atoms with Crippen molar-refractivity contribution in [3.05, 3.63) is 41.9 Å². The number of aromatic carboxylic acids is 1. The first-order chi connectivity index (χ1) is 7.58. The molecule has 0 aliphatic rings. The van der Waals surface area contributed by atoms with Gasteiger partial charge in [0.2, 0.25) is 0 Å². The van der Waals surface area contributed by atoms with Crippen molar-refractivity contribution in [3.8, 4) is 11.3 Å². The molecule has 1 aromatic carbocycles. The normalized spacial score (nSPS) is 9.76. The minimum absolute atomic E-state index is 0. The molecule has 0 saturated heterocycles. The molecule has 1 heterocycles. The number of hydrogen-bond donors (Lipinski definition) is 1. The fourth-order valence-electron chi connectivity index (χ4n) is 1.19. The summed E-state index contributed by atoms with van der Waals surface area (Å²) >= 11 is 0. The van der Waals surface area contributed by atoms with Crippen LogP contribution in [-0.4, -0.2) is 16.1 Å². The fraction of sp³-hybridized carbons (Fsp3) is 0. The second-order valence-corrected chi connectivity index (χ2v) is 2.96. The number of rotatable bonds is 2. The molecule has 0 fully saturated rings. The van der Waals surface area contributed by atoms with Crippen molar-refractivity contribution in [1.29, 1.82) is 0 Å². The summed E-state index contributed by atoms with van der Waals surface area (Å²) in [7, 11) is 0. The molecule has 0 radical (unpaired) electrons. The van der Waals surface area contributed by atoms with Gasteiger partial charge in [-0.3, -0.25) is 0 Å². The van der Waals surface area contributed by atoms with E-state index in [1.165, 1.54) is 0 Å². The number of carboxylic acid groups (broad SMARTS) is 1. The van der Waals surface area contributed by atoms with E-state index in [1.807, 2.05) is 0 Å². The topological polar surface area (TPSA) is 63.3 Å². The van der Waals surface area contributed by atoms with E-state index in [0.29, 0.717) is 6.07 Å². The number of aromatic nitrogens is 1. The SMILES string of the molecule is O=C(O)c1ncc(-c2ccc(F)cc2F)o1.[H-].[Li+]. The largest absolute Gasteiger partial charge is 1.00 e. The maximum atomic E-state index is 13.3. The van der Waals surface area contributed by atoms with Crippen LogP contribution in [0.25, 0.3) is 11.3 Å². The summed E-state index contributed by atoms with van der Waals surface area (Å²) in [4.78, 5) is 13.9. The average molecular weight is 233 g/mol. The van der Waals surface area contributed by atoms with Crippen molar-refractivity contribution in [2.24, 2.45) is 0 Å². The van der Waals surface area contributed by atoms with Crippen molar-refractivity contribution in [3.63, 3.8) is 0 Å². The van der Waals surface area contributed by atoms with Crippen LogP contribution in [0.3, 0.4) is 0 Å². The Hall–Kier alpha value is -1.64. The number of carbonyl (C=O) groups is 1. The van der Waals surface area contributed by atoms with E-state index in [9.17, 15) is 13.6 Å². The Bertz CT molecular complexity index is 562. The van der Waals surface area contributed by atoms with Gasteiger partial charge in [0.05, 0.1) is 11.8 Å². The van der Waals surface area contributed by atoms with Crippen LogP contribution in [0.2, 0.25) is 0 Å². The summed E-state index contributed by atoms with van der Waals surface area (Å²) < 4.78 is 30.7. The molecule has 1 N–H and O–H groups in total. The zero-order valence-corrected chi connectivity index (χ0v) is 8.78. The Morgan fingerprint density at radius 2 is 2.12 bits per heavy atom. The van der Waals surface area contributed by atoms with E-state index in [0.717, 1.165) is 18.3 Å². The molecular weight excluding hydrogens is 227 g/mol. The van der Waals surface area contributed by atoms with E-state index in [1.54, 1.807) is 0 Å². The van der Waals surface area contributed by atoms with Gasteiger partial charge in [0.25, 0.3) is 0 Å².